The molecule has 1 atom stereocenters. The number of carbonyl (C=O) groups is 1. The van der Waals surface area contributed by atoms with Gasteiger partial charge in [0.1, 0.15) is 18.3 Å². The van der Waals surface area contributed by atoms with Crippen LogP contribution in [0.15, 0.2) is 27.7 Å². The van der Waals surface area contributed by atoms with Crippen molar-refractivity contribution in [2.45, 2.75) is 12.0 Å². The third-order valence-electron chi connectivity index (χ3n) is 2.90. The molecule has 1 aromatic carbocycles. The summed E-state index contributed by atoms with van der Waals surface area (Å²) in [6.45, 7) is -0.820. The summed E-state index contributed by atoms with van der Waals surface area (Å²) >= 11 is 3.08. The van der Waals surface area contributed by atoms with Crippen LogP contribution >= 0.6 is 15.9 Å². The maximum absolute atomic E-state index is 13.9. The average molecular weight is 367 g/mol. The van der Waals surface area contributed by atoms with E-state index in [9.17, 15) is 18.0 Å². The molecule has 1 amide bonds. The summed E-state index contributed by atoms with van der Waals surface area (Å²) in [4.78, 5) is 14.3. The van der Waals surface area contributed by atoms with Gasteiger partial charge in [0, 0.05) is 10.0 Å². The van der Waals surface area contributed by atoms with E-state index < -0.39 is 30.5 Å². The second kappa shape index (κ2) is 6.02. The molecule has 0 bridgehead atoms. The van der Waals surface area contributed by atoms with Crippen molar-refractivity contribution in [2.24, 2.45) is 4.99 Å². The van der Waals surface area contributed by atoms with Crippen LogP contribution in [-0.4, -0.2) is 36.7 Å². The summed E-state index contributed by atoms with van der Waals surface area (Å²) < 4.78 is 46.4. The van der Waals surface area contributed by atoms with Crippen molar-refractivity contribution in [3.8, 4) is 0 Å². The number of nitrogens with zero attached hydrogens (tertiary/aromatic N) is 1. The van der Waals surface area contributed by atoms with Gasteiger partial charge in [-0.1, -0.05) is 15.9 Å². The lowest BCUT2D eigenvalue weighted by atomic mass is 9.90. The van der Waals surface area contributed by atoms with Crippen LogP contribution in [0.25, 0.3) is 0 Å². The zero-order valence-corrected chi connectivity index (χ0v) is 12.0. The Labute approximate surface area is 125 Å². The summed E-state index contributed by atoms with van der Waals surface area (Å²) in [6.07, 6.45) is -4.54. The van der Waals surface area contributed by atoms with E-state index in [0.29, 0.717) is 4.47 Å². The van der Waals surface area contributed by atoms with Crippen LogP contribution < -0.4 is 5.32 Å². The van der Waals surface area contributed by atoms with Gasteiger partial charge in [0.15, 0.2) is 5.54 Å². The van der Waals surface area contributed by atoms with Crippen LogP contribution in [0.1, 0.15) is 5.56 Å². The van der Waals surface area contributed by atoms with Crippen LogP contribution in [0.3, 0.4) is 0 Å². The van der Waals surface area contributed by atoms with Gasteiger partial charge in [0.2, 0.25) is 0 Å². The van der Waals surface area contributed by atoms with Crippen LogP contribution in [-0.2, 0) is 10.3 Å². The Kier molecular flexibility index (Phi) is 4.52. The fourth-order valence-electron chi connectivity index (χ4n) is 1.99. The predicted octanol–water partition coefficient (Wildman–Crippen LogP) is 2.74. The normalized spacial score (nSPS) is 22.0. The molecule has 21 heavy (non-hydrogen) atoms. The number of carboxylic acid groups (broad SMARTS) is 1. The van der Waals surface area contributed by atoms with E-state index in [2.05, 4.69) is 20.9 Å². The van der Waals surface area contributed by atoms with Crippen molar-refractivity contribution in [2.75, 3.05) is 13.2 Å². The van der Waals surface area contributed by atoms with Crippen molar-refractivity contribution >= 4 is 27.9 Å². The molecule has 0 fully saturated rings. The van der Waals surface area contributed by atoms with Gasteiger partial charge in [-0.2, -0.15) is 0 Å². The number of halogens is 4. The molecule has 1 heterocycles. The number of ether oxygens (including phenoxy) is 1. The molecule has 0 saturated carbocycles. The van der Waals surface area contributed by atoms with Gasteiger partial charge in [-0.05, 0) is 18.2 Å². The van der Waals surface area contributed by atoms with Crippen molar-refractivity contribution in [1.29, 1.82) is 0 Å². The summed E-state index contributed by atoms with van der Waals surface area (Å²) in [5, 5.41) is 10.5. The van der Waals surface area contributed by atoms with Crippen molar-refractivity contribution in [3.05, 3.63) is 34.1 Å². The van der Waals surface area contributed by atoms with Gasteiger partial charge in [-0.3, -0.25) is 5.32 Å². The van der Waals surface area contributed by atoms with Gasteiger partial charge >= 0.3 is 6.09 Å². The minimum absolute atomic E-state index is 0.267. The second-order valence-electron chi connectivity index (χ2n) is 4.33. The number of amides is 1. The Morgan fingerprint density at radius 2 is 2.24 bits per heavy atom. The quantitative estimate of drug-likeness (QED) is 0.845. The third kappa shape index (κ3) is 3.18. The summed E-state index contributed by atoms with van der Waals surface area (Å²) in [6, 6.07) is 3.57. The fraction of sp³-hybridized carbons (Fsp3) is 0.333. The number of nitrogens with one attached hydrogen (secondary N) is 1. The predicted molar refractivity (Wildman–Crippen MR) is 71.2 cm³/mol. The third-order valence-corrected chi connectivity index (χ3v) is 3.40. The molecule has 1 unspecified atom stereocenters. The van der Waals surface area contributed by atoms with E-state index in [1.807, 2.05) is 5.32 Å². The second-order valence-corrected chi connectivity index (χ2v) is 5.25. The van der Waals surface area contributed by atoms with E-state index in [0.717, 1.165) is 6.07 Å². The highest BCUT2D eigenvalue weighted by Crippen LogP contribution is 2.37. The minimum Gasteiger partial charge on any atom is -0.465 e. The molecule has 5 nitrogen and oxygen atoms in total. The first-order chi connectivity index (χ1) is 9.85. The Morgan fingerprint density at radius 3 is 2.86 bits per heavy atom. The van der Waals surface area contributed by atoms with Crippen LogP contribution in [0, 0.1) is 5.82 Å². The Balaban J connectivity index is 2.55. The van der Waals surface area contributed by atoms with Gasteiger partial charge in [0.05, 0.1) is 6.61 Å². The lowest BCUT2D eigenvalue weighted by molar-refractivity contribution is -0.0152. The SMILES string of the molecule is O=C(O)NC1=NC(c2cc(Br)ccc2F)(C(F)F)COC1. The smallest absolute Gasteiger partial charge is 0.410 e. The van der Waals surface area contributed by atoms with Crippen LogP contribution in [0.5, 0.6) is 0 Å². The van der Waals surface area contributed by atoms with Gasteiger partial charge in [-0.15, -0.1) is 0 Å². The number of rotatable bonds is 2. The first kappa shape index (κ1) is 15.8. The number of aliphatic imine (C=N–C) groups is 1. The molecule has 0 aromatic heterocycles. The maximum atomic E-state index is 13.9. The van der Waals surface area contributed by atoms with E-state index in [1.54, 1.807) is 0 Å². The summed E-state index contributed by atoms with van der Waals surface area (Å²) in [5.41, 5.74) is -2.65. The highest BCUT2D eigenvalue weighted by molar-refractivity contribution is 9.10. The fourth-order valence-corrected chi connectivity index (χ4v) is 2.35. The number of hydrogen-bond acceptors (Lipinski definition) is 3. The van der Waals surface area contributed by atoms with Gasteiger partial charge < -0.3 is 9.84 Å². The zero-order valence-electron chi connectivity index (χ0n) is 10.4. The Morgan fingerprint density at radius 1 is 1.52 bits per heavy atom. The van der Waals surface area contributed by atoms with E-state index >= 15 is 0 Å². The largest absolute Gasteiger partial charge is 0.465 e. The summed E-state index contributed by atoms with van der Waals surface area (Å²) in [5.74, 6) is -1.17. The molecule has 1 aliphatic heterocycles. The van der Waals surface area contributed by atoms with E-state index in [1.165, 1.54) is 12.1 Å². The molecule has 0 spiro atoms. The topological polar surface area (TPSA) is 70.9 Å². The first-order valence-electron chi connectivity index (χ1n) is 5.75. The molecule has 0 saturated heterocycles. The molecule has 114 valence electrons. The standard InChI is InChI=1S/C12H10BrF3N2O3/c13-6-1-2-8(14)7(3-6)12(10(15)16)5-21-4-9(18-12)17-11(19)20/h1-3,10H,4-5H2,(H,17,18)(H,19,20). The van der Waals surface area contributed by atoms with Crippen molar-refractivity contribution in [3.63, 3.8) is 0 Å². The molecule has 2 rings (SSSR count). The molecular weight excluding hydrogens is 357 g/mol. The average Bonchev–Trinajstić information content (AvgIpc) is 2.40. The van der Waals surface area contributed by atoms with E-state index in [4.69, 9.17) is 9.84 Å². The number of amidine groups is 1. The van der Waals surface area contributed by atoms with Crippen molar-refractivity contribution < 1.29 is 27.8 Å². The number of hydrogen-bond donors (Lipinski definition) is 2. The molecule has 1 aromatic rings. The lowest BCUT2D eigenvalue weighted by Crippen LogP contribution is -2.47. The van der Waals surface area contributed by atoms with Crippen LogP contribution in [0.2, 0.25) is 0 Å². The maximum Gasteiger partial charge on any atom is 0.410 e. The highest BCUT2D eigenvalue weighted by atomic mass is 79.9. The van der Waals surface area contributed by atoms with E-state index in [-0.39, 0.29) is 18.0 Å². The molecule has 0 radical (unpaired) electrons. The Bertz CT molecular complexity index is 597. The van der Waals surface area contributed by atoms with Crippen molar-refractivity contribution in [1.82, 2.24) is 5.32 Å². The molecule has 9 heteroatoms. The first-order valence-corrected chi connectivity index (χ1v) is 6.54. The van der Waals surface area contributed by atoms with Gasteiger partial charge in [0.25, 0.3) is 6.43 Å². The molecule has 2 N–H and O–H groups in total. The number of benzene rings is 1. The number of alkyl halides is 2. The molecule has 1 aliphatic rings. The highest BCUT2D eigenvalue weighted by Gasteiger charge is 2.46. The Hall–Kier alpha value is -1.61. The van der Waals surface area contributed by atoms with Crippen LogP contribution in [0.4, 0.5) is 18.0 Å². The van der Waals surface area contributed by atoms with Gasteiger partial charge in [-0.25, -0.2) is 23.0 Å². The molecule has 0 aliphatic carbocycles. The minimum atomic E-state index is -3.08. The summed E-state index contributed by atoms with van der Waals surface area (Å²) in [7, 11) is 0. The molecular formula is C12H10BrF3N2O3. The zero-order chi connectivity index (χ0) is 15.6. The lowest BCUT2D eigenvalue weighted by Gasteiger charge is -2.33. The monoisotopic (exact) mass is 366 g/mol.